The van der Waals surface area contributed by atoms with Crippen LogP contribution in [0.3, 0.4) is 0 Å². The maximum atomic E-state index is 13.4. The maximum absolute atomic E-state index is 13.4. The van der Waals surface area contributed by atoms with Gasteiger partial charge < -0.3 is 15.5 Å². The minimum absolute atomic E-state index is 0.00309. The van der Waals surface area contributed by atoms with Crippen LogP contribution < -0.4 is 5.73 Å². The zero-order valence-corrected chi connectivity index (χ0v) is 17.9. The molecule has 3 saturated heterocycles. The highest BCUT2D eigenvalue weighted by Gasteiger charge is 2.57. The summed E-state index contributed by atoms with van der Waals surface area (Å²) in [6.07, 6.45) is 4.66. The van der Waals surface area contributed by atoms with Gasteiger partial charge in [-0.15, -0.1) is 0 Å². The van der Waals surface area contributed by atoms with Gasteiger partial charge in [-0.25, -0.2) is 4.39 Å². The van der Waals surface area contributed by atoms with Crippen LogP contribution in [0.1, 0.15) is 43.7 Å². The van der Waals surface area contributed by atoms with Gasteiger partial charge in [0.2, 0.25) is 11.8 Å². The standard InChI is InChI=1S/C24H28FN5O2/c25-16-5-3-14(4-6-16)22(13-1-2-13)30-18-9-21(24(30)32)28(11-18)12-19(27)23(31)29-17(10-26)7-15-8-20(15)29/h3-6,13,15,17-22H,1-2,7-9,11-12,27H2/t15?,17-,18-,19-,20-,21-,22+/m0/s1. The van der Waals surface area contributed by atoms with E-state index in [0.717, 1.165) is 37.7 Å². The van der Waals surface area contributed by atoms with Crippen molar-refractivity contribution in [1.82, 2.24) is 14.7 Å². The number of carbonyl (C=O) groups is 2. The molecule has 168 valence electrons. The molecule has 2 amide bonds. The van der Waals surface area contributed by atoms with E-state index in [1.54, 1.807) is 17.0 Å². The Kier molecular flexibility index (Phi) is 4.57. The second kappa shape index (κ2) is 7.26. The molecule has 3 aliphatic heterocycles. The van der Waals surface area contributed by atoms with Crippen molar-refractivity contribution in [2.24, 2.45) is 17.6 Å². The summed E-state index contributed by atoms with van der Waals surface area (Å²) in [4.78, 5) is 32.2. The summed E-state index contributed by atoms with van der Waals surface area (Å²) in [6.45, 7) is 1.05. The number of rotatable bonds is 6. The summed E-state index contributed by atoms with van der Waals surface area (Å²) in [5.41, 5.74) is 7.31. The van der Waals surface area contributed by atoms with E-state index >= 15 is 0 Å². The largest absolute Gasteiger partial charge is 0.330 e. The molecule has 2 saturated carbocycles. The number of carbonyl (C=O) groups excluding carboxylic acids is 2. The number of piperazine rings is 1. The predicted octanol–water partition coefficient (Wildman–Crippen LogP) is 1.40. The summed E-state index contributed by atoms with van der Waals surface area (Å²) in [6, 6.07) is 7.73. The SMILES string of the molecule is N#C[C@@H]1CC2C[C@@H]2N1C(=O)[C@@H](N)CN1C[C@@H]2C[C@H]1C(=O)N2[C@@H](c1ccc(F)cc1)C1CC1. The zero-order chi connectivity index (χ0) is 22.1. The topological polar surface area (TPSA) is 93.7 Å². The second-order valence-electron chi connectivity index (χ2n) is 10.2. The summed E-state index contributed by atoms with van der Waals surface area (Å²) in [7, 11) is 0. The number of hydrogen-bond acceptors (Lipinski definition) is 5. The number of hydrogen-bond donors (Lipinski definition) is 1. The minimum atomic E-state index is -0.720. The smallest absolute Gasteiger partial charge is 0.242 e. The number of benzene rings is 1. The predicted molar refractivity (Wildman–Crippen MR) is 113 cm³/mol. The Bertz CT molecular complexity index is 989. The summed E-state index contributed by atoms with van der Waals surface area (Å²) < 4.78 is 13.4. The molecule has 1 aromatic rings. The molecule has 6 rings (SSSR count). The van der Waals surface area contributed by atoms with Crippen LogP contribution in [0.15, 0.2) is 24.3 Å². The molecule has 0 spiro atoms. The van der Waals surface area contributed by atoms with Crippen LogP contribution in [0, 0.1) is 29.0 Å². The Hall–Kier alpha value is -2.50. The molecule has 1 aromatic carbocycles. The first-order valence-electron chi connectivity index (χ1n) is 11.8. The van der Waals surface area contributed by atoms with Gasteiger partial charge in [0.15, 0.2) is 0 Å². The average Bonchev–Trinajstić information content (AvgIpc) is 3.67. The van der Waals surface area contributed by atoms with Crippen molar-refractivity contribution in [1.29, 1.82) is 5.26 Å². The molecule has 1 unspecified atom stereocenters. The Labute approximate surface area is 186 Å². The van der Waals surface area contributed by atoms with Crippen LogP contribution in [0.25, 0.3) is 0 Å². The van der Waals surface area contributed by atoms with Crippen molar-refractivity contribution >= 4 is 11.8 Å². The van der Waals surface area contributed by atoms with Gasteiger partial charge in [0.05, 0.1) is 24.2 Å². The summed E-state index contributed by atoms with van der Waals surface area (Å²) in [5.74, 6) is 0.568. The lowest BCUT2D eigenvalue weighted by molar-refractivity contribution is -0.142. The van der Waals surface area contributed by atoms with Crippen molar-refractivity contribution in [3.05, 3.63) is 35.6 Å². The Morgan fingerprint density at radius 2 is 1.97 bits per heavy atom. The van der Waals surface area contributed by atoms with Crippen LogP contribution >= 0.6 is 0 Å². The fraction of sp³-hybridized carbons (Fsp3) is 0.625. The van der Waals surface area contributed by atoms with Crippen molar-refractivity contribution < 1.29 is 14.0 Å². The molecule has 5 aliphatic rings. The van der Waals surface area contributed by atoms with Crippen molar-refractivity contribution in [2.45, 2.75) is 68.4 Å². The zero-order valence-electron chi connectivity index (χ0n) is 17.9. The summed E-state index contributed by atoms with van der Waals surface area (Å²) in [5, 5.41) is 9.38. The molecule has 7 atom stereocenters. The minimum Gasteiger partial charge on any atom is -0.330 e. The van der Waals surface area contributed by atoms with Gasteiger partial charge in [0.25, 0.3) is 0 Å². The third-order valence-electron chi connectivity index (χ3n) is 8.15. The number of amides is 2. The quantitative estimate of drug-likeness (QED) is 0.726. The van der Waals surface area contributed by atoms with E-state index in [2.05, 4.69) is 11.0 Å². The van der Waals surface area contributed by atoms with E-state index in [4.69, 9.17) is 5.73 Å². The highest BCUT2D eigenvalue weighted by molar-refractivity contribution is 5.87. The second-order valence-corrected chi connectivity index (χ2v) is 10.2. The lowest BCUT2D eigenvalue weighted by atomic mass is 9.99. The molecule has 2 bridgehead atoms. The summed E-state index contributed by atoms with van der Waals surface area (Å²) >= 11 is 0. The van der Waals surface area contributed by atoms with Gasteiger partial charge in [-0.05, 0) is 61.6 Å². The van der Waals surface area contributed by atoms with Crippen LogP contribution in [0.4, 0.5) is 4.39 Å². The first-order chi connectivity index (χ1) is 15.5. The van der Waals surface area contributed by atoms with E-state index in [0.29, 0.717) is 24.9 Å². The molecule has 2 N–H and O–H groups in total. The Morgan fingerprint density at radius 1 is 1.22 bits per heavy atom. The maximum Gasteiger partial charge on any atom is 0.242 e. The molecule has 0 radical (unpaired) electrons. The number of nitrogens with two attached hydrogens (primary N) is 1. The highest BCUT2D eigenvalue weighted by Crippen LogP contribution is 2.50. The molecule has 7 nitrogen and oxygen atoms in total. The number of halogens is 1. The number of fused-ring (bicyclic) bond motifs is 3. The van der Waals surface area contributed by atoms with Crippen LogP contribution in [-0.4, -0.2) is 69.8 Å². The molecule has 2 aliphatic carbocycles. The third kappa shape index (κ3) is 3.13. The number of piperidine rings is 1. The van der Waals surface area contributed by atoms with E-state index in [1.165, 1.54) is 12.1 Å². The van der Waals surface area contributed by atoms with E-state index in [-0.39, 0.29) is 47.8 Å². The van der Waals surface area contributed by atoms with Gasteiger partial charge in [-0.1, -0.05) is 12.1 Å². The lowest BCUT2D eigenvalue weighted by Gasteiger charge is -2.40. The molecule has 8 heteroatoms. The Morgan fingerprint density at radius 3 is 2.62 bits per heavy atom. The fourth-order valence-electron chi connectivity index (χ4n) is 6.40. The van der Waals surface area contributed by atoms with Crippen LogP contribution in [0.5, 0.6) is 0 Å². The fourth-order valence-corrected chi connectivity index (χ4v) is 6.40. The third-order valence-corrected chi connectivity index (χ3v) is 8.15. The van der Waals surface area contributed by atoms with Crippen molar-refractivity contribution in [3.8, 4) is 6.07 Å². The van der Waals surface area contributed by atoms with Crippen molar-refractivity contribution in [2.75, 3.05) is 13.1 Å². The van der Waals surface area contributed by atoms with Gasteiger partial charge in [-0.2, -0.15) is 5.26 Å². The van der Waals surface area contributed by atoms with Gasteiger partial charge in [-0.3, -0.25) is 14.5 Å². The number of likely N-dealkylation sites (tertiary alicyclic amines) is 3. The van der Waals surface area contributed by atoms with Gasteiger partial charge in [0.1, 0.15) is 11.9 Å². The number of nitrogens with zero attached hydrogens (tertiary/aromatic N) is 4. The lowest BCUT2D eigenvalue weighted by Crippen LogP contribution is -2.57. The van der Waals surface area contributed by atoms with Crippen molar-refractivity contribution in [3.63, 3.8) is 0 Å². The first kappa shape index (κ1) is 20.1. The van der Waals surface area contributed by atoms with Gasteiger partial charge >= 0.3 is 0 Å². The van der Waals surface area contributed by atoms with E-state index < -0.39 is 6.04 Å². The number of nitriles is 1. The molecular weight excluding hydrogens is 409 g/mol. The average molecular weight is 438 g/mol. The molecular formula is C24H28FN5O2. The van der Waals surface area contributed by atoms with E-state index in [1.807, 2.05) is 4.90 Å². The van der Waals surface area contributed by atoms with E-state index in [9.17, 15) is 19.2 Å². The first-order valence-corrected chi connectivity index (χ1v) is 11.8. The highest BCUT2D eigenvalue weighted by atomic mass is 19.1. The van der Waals surface area contributed by atoms with Gasteiger partial charge in [0, 0.05) is 25.2 Å². The van der Waals surface area contributed by atoms with Crippen LogP contribution in [-0.2, 0) is 9.59 Å². The molecule has 32 heavy (non-hydrogen) atoms. The monoisotopic (exact) mass is 437 g/mol. The molecule has 5 fully saturated rings. The van der Waals surface area contributed by atoms with Crippen LogP contribution in [0.2, 0.25) is 0 Å². The molecule has 3 heterocycles. The normalized spacial score (nSPS) is 35.0. The Balaban J connectivity index is 1.14. The molecule has 0 aromatic heterocycles.